The molecule has 1 N–H and O–H groups in total. The van der Waals surface area contributed by atoms with Gasteiger partial charge in [0.1, 0.15) is 5.82 Å². The average Bonchev–Trinajstić information content (AvgIpc) is 2.63. The van der Waals surface area contributed by atoms with Crippen molar-refractivity contribution in [2.75, 3.05) is 6.54 Å². The number of hydrogen-bond donors (Lipinski definition) is 1. The summed E-state index contributed by atoms with van der Waals surface area (Å²) in [6.45, 7) is 1.68. The smallest absolute Gasteiger partial charge is 0.124 e. The lowest BCUT2D eigenvalue weighted by Gasteiger charge is -2.11. The van der Waals surface area contributed by atoms with Crippen molar-refractivity contribution in [1.29, 1.82) is 0 Å². The number of alkyl halides is 1. The van der Waals surface area contributed by atoms with E-state index in [1.807, 2.05) is 6.07 Å². The molecule has 0 aromatic heterocycles. The lowest BCUT2D eigenvalue weighted by molar-refractivity contribution is 0.489. The standard InChI is InChI=1S/C13H16BrClFN/c14-11-3-10(5-13(16)6-11)8-17-7-9-1-2-12(15)4-9/h3,5-6,9,12,17H,1-2,4,7-8H2. The van der Waals surface area contributed by atoms with E-state index in [0.717, 1.165) is 29.4 Å². The fourth-order valence-electron chi connectivity index (χ4n) is 2.33. The third kappa shape index (κ3) is 4.23. The summed E-state index contributed by atoms with van der Waals surface area (Å²) in [4.78, 5) is 0. The summed E-state index contributed by atoms with van der Waals surface area (Å²) in [7, 11) is 0. The van der Waals surface area contributed by atoms with Crippen molar-refractivity contribution in [3.8, 4) is 0 Å². The van der Waals surface area contributed by atoms with E-state index >= 15 is 0 Å². The molecular weight excluding hydrogens is 305 g/mol. The molecule has 2 atom stereocenters. The molecule has 2 unspecified atom stereocenters. The first-order valence-electron chi connectivity index (χ1n) is 5.93. The molecule has 94 valence electrons. The van der Waals surface area contributed by atoms with E-state index in [-0.39, 0.29) is 5.82 Å². The molecule has 0 amide bonds. The second kappa shape index (κ2) is 6.17. The van der Waals surface area contributed by atoms with Crippen LogP contribution in [-0.4, -0.2) is 11.9 Å². The van der Waals surface area contributed by atoms with Gasteiger partial charge in [-0.3, -0.25) is 0 Å². The summed E-state index contributed by atoms with van der Waals surface area (Å²) in [6, 6.07) is 4.98. The van der Waals surface area contributed by atoms with E-state index in [2.05, 4.69) is 21.2 Å². The Balaban J connectivity index is 1.78. The van der Waals surface area contributed by atoms with Crippen molar-refractivity contribution in [1.82, 2.24) is 5.32 Å². The summed E-state index contributed by atoms with van der Waals surface area (Å²) in [5.74, 6) is 0.479. The molecule has 2 rings (SSSR count). The van der Waals surface area contributed by atoms with Gasteiger partial charge in [-0.25, -0.2) is 4.39 Å². The lowest BCUT2D eigenvalue weighted by atomic mass is 10.1. The summed E-state index contributed by atoms with van der Waals surface area (Å²) in [5, 5.41) is 3.72. The van der Waals surface area contributed by atoms with Gasteiger partial charge in [0, 0.05) is 16.4 Å². The van der Waals surface area contributed by atoms with Gasteiger partial charge >= 0.3 is 0 Å². The van der Waals surface area contributed by atoms with Crippen LogP contribution in [0.3, 0.4) is 0 Å². The van der Waals surface area contributed by atoms with Crippen LogP contribution in [0.15, 0.2) is 22.7 Å². The number of nitrogens with one attached hydrogen (secondary N) is 1. The Hall–Kier alpha value is -0.120. The normalized spacial score (nSPS) is 24.2. The molecule has 1 aromatic carbocycles. The molecule has 0 heterocycles. The fraction of sp³-hybridized carbons (Fsp3) is 0.538. The molecule has 1 aliphatic carbocycles. The van der Waals surface area contributed by atoms with Crippen LogP contribution >= 0.6 is 27.5 Å². The zero-order valence-corrected chi connectivity index (χ0v) is 11.9. The SMILES string of the molecule is Fc1cc(Br)cc(CNCC2CCC(Cl)C2)c1. The van der Waals surface area contributed by atoms with Crippen molar-refractivity contribution >= 4 is 27.5 Å². The number of halogens is 3. The molecule has 1 nitrogen and oxygen atoms in total. The van der Waals surface area contributed by atoms with Crippen LogP contribution in [0.4, 0.5) is 4.39 Å². The molecule has 1 aliphatic rings. The quantitative estimate of drug-likeness (QED) is 0.824. The lowest BCUT2D eigenvalue weighted by Crippen LogP contribution is -2.21. The Labute approximate surface area is 115 Å². The monoisotopic (exact) mass is 319 g/mol. The Morgan fingerprint density at radius 3 is 2.82 bits per heavy atom. The maximum Gasteiger partial charge on any atom is 0.124 e. The van der Waals surface area contributed by atoms with Gasteiger partial charge in [0.15, 0.2) is 0 Å². The van der Waals surface area contributed by atoms with Gasteiger partial charge in [0.25, 0.3) is 0 Å². The maximum absolute atomic E-state index is 13.1. The van der Waals surface area contributed by atoms with Gasteiger partial charge in [0.05, 0.1) is 0 Å². The van der Waals surface area contributed by atoms with Crippen LogP contribution in [0.2, 0.25) is 0 Å². The first-order chi connectivity index (χ1) is 8.13. The maximum atomic E-state index is 13.1. The largest absolute Gasteiger partial charge is 0.312 e. The Kier molecular flexibility index (Phi) is 4.83. The van der Waals surface area contributed by atoms with Gasteiger partial charge in [-0.15, -0.1) is 11.6 Å². The number of benzene rings is 1. The highest BCUT2D eigenvalue weighted by Gasteiger charge is 2.22. The first kappa shape index (κ1) is 13.3. The zero-order chi connectivity index (χ0) is 12.3. The molecule has 17 heavy (non-hydrogen) atoms. The molecule has 0 radical (unpaired) electrons. The van der Waals surface area contributed by atoms with Gasteiger partial charge in [-0.05, 0) is 55.5 Å². The van der Waals surface area contributed by atoms with Crippen LogP contribution in [0.25, 0.3) is 0 Å². The fourth-order valence-corrected chi connectivity index (χ4v) is 3.22. The predicted octanol–water partition coefficient (Wildman–Crippen LogP) is 4.09. The van der Waals surface area contributed by atoms with Crippen molar-refractivity contribution in [2.24, 2.45) is 5.92 Å². The van der Waals surface area contributed by atoms with Gasteiger partial charge in [-0.2, -0.15) is 0 Å². The molecule has 1 fully saturated rings. The van der Waals surface area contributed by atoms with Crippen molar-refractivity contribution < 1.29 is 4.39 Å². The highest BCUT2D eigenvalue weighted by atomic mass is 79.9. The van der Waals surface area contributed by atoms with Crippen molar-refractivity contribution in [3.05, 3.63) is 34.1 Å². The number of hydrogen-bond acceptors (Lipinski definition) is 1. The first-order valence-corrected chi connectivity index (χ1v) is 7.16. The second-order valence-corrected chi connectivity index (χ2v) is 6.22. The van der Waals surface area contributed by atoms with Gasteiger partial charge < -0.3 is 5.32 Å². The summed E-state index contributed by atoms with van der Waals surface area (Å²) >= 11 is 9.35. The highest BCUT2D eigenvalue weighted by molar-refractivity contribution is 9.10. The van der Waals surface area contributed by atoms with Crippen molar-refractivity contribution in [3.63, 3.8) is 0 Å². The Morgan fingerprint density at radius 2 is 2.18 bits per heavy atom. The minimum Gasteiger partial charge on any atom is -0.312 e. The zero-order valence-electron chi connectivity index (χ0n) is 9.56. The topological polar surface area (TPSA) is 12.0 Å². The van der Waals surface area contributed by atoms with E-state index in [1.54, 1.807) is 6.07 Å². The summed E-state index contributed by atoms with van der Waals surface area (Å²) in [5.41, 5.74) is 0.970. The van der Waals surface area contributed by atoms with E-state index in [9.17, 15) is 4.39 Å². The summed E-state index contributed by atoms with van der Waals surface area (Å²) < 4.78 is 13.9. The van der Waals surface area contributed by atoms with Crippen molar-refractivity contribution in [2.45, 2.75) is 31.2 Å². The number of rotatable bonds is 4. The molecular formula is C13H16BrClFN. The Morgan fingerprint density at radius 1 is 1.35 bits per heavy atom. The third-order valence-corrected chi connectivity index (χ3v) is 4.02. The van der Waals surface area contributed by atoms with Gasteiger partial charge in [0.2, 0.25) is 0 Å². The van der Waals surface area contributed by atoms with Crippen LogP contribution < -0.4 is 5.32 Å². The Bertz CT molecular complexity index is 365. The van der Waals surface area contributed by atoms with E-state index < -0.39 is 0 Å². The third-order valence-electron chi connectivity index (χ3n) is 3.16. The van der Waals surface area contributed by atoms with E-state index in [1.165, 1.54) is 12.5 Å². The molecule has 0 saturated heterocycles. The molecule has 1 saturated carbocycles. The highest BCUT2D eigenvalue weighted by Crippen LogP contribution is 2.28. The minimum absolute atomic E-state index is 0.196. The predicted molar refractivity (Wildman–Crippen MR) is 72.8 cm³/mol. The second-order valence-electron chi connectivity index (χ2n) is 4.68. The molecule has 0 aliphatic heterocycles. The summed E-state index contributed by atoms with van der Waals surface area (Å²) in [6.07, 6.45) is 3.43. The molecule has 0 spiro atoms. The van der Waals surface area contributed by atoms with Gasteiger partial charge in [-0.1, -0.05) is 15.9 Å². The molecule has 0 bridgehead atoms. The van der Waals surface area contributed by atoms with Crippen LogP contribution in [0.1, 0.15) is 24.8 Å². The average molecular weight is 321 g/mol. The minimum atomic E-state index is -0.196. The molecule has 4 heteroatoms. The van der Waals surface area contributed by atoms with E-state index in [0.29, 0.717) is 17.8 Å². The van der Waals surface area contributed by atoms with E-state index in [4.69, 9.17) is 11.6 Å². The van der Waals surface area contributed by atoms with Crippen LogP contribution in [-0.2, 0) is 6.54 Å². The van der Waals surface area contributed by atoms with Crippen LogP contribution in [0.5, 0.6) is 0 Å². The van der Waals surface area contributed by atoms with Crippen LogP contribution in [0, 0.1) is 11.7 Å². The molecule has 1 aromatic rings.